The molecule has 0 fully saturated rings. The van der Waals surface area contributed by atoms with Crippen molar-refractivity contribution in [3.8, 4) is 0 Å². The average molecular weight is 182 g/mol. The third kappa shape index (κ3) is 2.31. The monoisotopic (exact) mass is 182 g/mol. The molecule has 13 heavy (non-hydrogen) atoms. The Labute approximate surface area is 77.6 Å². The number of rotatable bonds is 5. The van der Waals surface area contributed by atoms with Gasteiger partial charge in [0.2, 0.25) is 0 Å². The normalized spacial score (nSPS) is 10.0. The molecule has 72 valence electrons. The van der Waals surface area contributed by atoms with Crippen molar-refractivity contribution in [2.24, 2.45) is 0 Å². The van der Waals surface area contributed by atoms with Gasteiger partial charge in [-0.15, -0.1) is 0 Å². The zero-order valence-electron chi connectivity index (χ0n) is 7.99. The molecule has 4 heteroatoms. The van der Waals surface area contributed by atoms with Crippen LogP contribution in [0.25, 0.3) is 0 Å². The summed E-state index contributed by atoms with van der Waals surface area (Å²) >= 11 is 0. The number of oxazole rings is 1. The molecule has 0 saturated carbocycles. The van der Waals surface area contributed by atoms with Crippen LogP contribution in [-0.2, 0) is 11.2 Å². The summed E-state index contributed by atoms with van der Waals surface area (Å²) in [6.45, 7) is 5.79. The molecule has 0 bridgehead atoms. The molecular formula is C9H14N2O2. The van der Waals surface area contributed by atoms with Crippen LogP contribution in [0.5, 0.6) is 0 Å². The standard InChI is InChI=1S/C9H14N2O2/c1-3-11(4-2)9-10-7-8(13-9)5-6-12/h6-7H,3-5H2,1-2H3. The lowest BCUT2D eigenvalue weighted by molar-refractivity contribution is -0.107. The van der Waals surface area contributed by atoms with E-state index >= 15 is 0 Å². The van der Waals surface area contributed by atoms with Crippen LogP contribution in [0.4, 0.5) is 6.01 Å². The van der Waals surface area contributed by atoms with E-state index in [4.69, 9.17) is 4.42 Å². The predicted molar refractivity (Wildman–Crippen MR) is 49.8 cm³/mol. The molecule has 0 radical (unpaired) electrons. The molecule has 0 atom stereocenters. The Morgan fingerprint density at radius 1 is 1.54 bits per heavy atom. The van der Waals surface area contributed by atoms with Crippen LogP contribution in [0.15, 0.2) is 10.6 Å². The van der Waals surface area contributed by atoms with Crippen molar-refractivity contribution in [1.29, 1.82) is 0 Å². The topological polar surface area (TPSA) is 46.3 Å². The van der Waals surface area contributed by atoms with Crippen LogP contribution in [0.3, 0.4) is 0 Å². The highest BCUT2D eigenvalue weighted by Gasteiger charge is 2.08. The molecule has 0 N–H and O–H groups in total. The molecular weight excluding hydrogens is 168 g/mol. The van der Waals surface area contributed by atoms with E-state index < -0.39 is 0 Å². The Hall–Kier alpha value is -1.32. The highest BCUT2D eigenvalue weighted by atomic mass is 16.4. The summed E-state index contributed by atoms with van der Waals surface area (Å²) in [5, 5.41) is 0. The molecule has 0 aliphatic carbocycles. The molecule has 0 aliphatic heterocycles. The summed E-state index contributed by atoms with van der Waals surface area (Å²) in [6.07, 6.45) is 2.71. The van der Waals surface area contributed by atoms with Crippen LogP contribution in [0.1, 0.15) is 19.6 Å². The maximum atomic E-state index is 10.2. The minimum absolute atomic E-state index is 0.300. The second-order valence-electron chi connectivity index (χ2n) is 2.65. The smallest absolute Gasteiger partial charge is 0.297 e. The predicted octanol–water partition coefficient (Wildman–Crippen LogP) is 1.26. The van der Waals surface area contributed by atoms with E-state index in [1.165, 1.54) is 0 Å². The van der Waals surface area contributed by atoms with Crippen molar-refractivity contribution in [3.05, 3.63) is 12.0 Å². The van der Waals surface area contributed by atoms with Crippen LogP contribution in [0, 0.1) is 0 Å². The molecule has 0 saturated heterocycles. The van der Waals surface area contributed by atoms with Gasteiger partial charge in [0.25, 0.3) is 6.01 Å². The van der Waals surface area contributed by atoms with Crippen LogP contribution in [-0.4, -0.2) is 24.4 Å². The van der Waals surface area contributed by atoms with Crippen LogP contribution < -0.4 is 4.90 Å². The Morgan fingerprint density at radius 3 is 2.77 bits per heavy atom. The van der Waals surface area contributed by atoms with Gasteiger partial charge in [0.15, 0.2) is 0 Å². The largest absolute Gasteiger partial charge is 0.428 e. The van der Waals surface area contributed by atoms with Gasteiger partial charge in [-0.1, -0.05) is 0 Å². The fraction of sp³-hybridized carbons (Fsp3) is 0.556. The molecule has 4 nitrogen and oxygen atoms in total. The summed E-state index contributed by atoms with van der Waals surface area (Å²) in [5.74, 6) is 0.622. The molecule has 1 aromatic rings. The molecule has 0 amide bonds. The van der Waals surface area contributed by atoms with Crippen molar-refractivity contribution in [2.75, 3.05) is 18.0 Å². The number of hydrogen-bond donors (Lipinski definition) is 0. The average Bonchev–Trinajstić information content (AvgIpc) is 2.56. The number of aldehydes is 1. The summed E-state index contributed by atoms with van der Waals surface area (Å²) in [7, 11) is 0. The molecule has 0 aromatic carbocycles. The number of nitrogens with zero attached hydrogens (tertiary/aromatic N) is 2. The Morgan fingerprint density at radius 2 is 2.23 bits per heavy atom. The molecule has 0 spiro atoms. The summed E-state index contributed by atoms with van der Waals surface area (Å²) in [6, 6.07) is 0.599. The summed E-state index contributed by atoms with van der Waals surface area (Å²) < 4.78 is 5.35. The van der Waals surface area contributed by atoms with E-state index in [9.17, 15) is 4.79 Å². The number of aromatic nitrogens is 1. The maximum Gasteiger partial charge on any atom is 0.297 e. The third-order valence-electron chi connectivity index (χ3n) is 1.86. The van der Waals surface area contributed by atoms with Crippen molar-refractivity contribution >= 4 is 12.3 Å². The van der Waals surface area contributed by atoms with Crippen molar-refractivity contribution in [3.63, 3.8) is 0 Å². The number of carbonyl (C=O) groups excluding carboxylic acids is 1. The first-order chi connectivity index (χ1) is 6.31. The van der Waals surface area contributed by atoms with Gasteiger partial charge in [0, 0.05) is 13.1 Å². The SMILES string of the molecule is CCN(CC)c1ncc(CC=O)o1. The quantitative estimate of drug-likeness (QED) is 0.643. The van der Waals surface area contributed by atoms with Crippen LogP contribution in [0.2, 0.25) is 0 Å². The van der Waals surface area contributed by atoms with E-state index in [1.807, 2.05) is 18.7 Å². The zero-order valence-corrected chi connectivity index (χ0v) is 7.99. The lowest BCUT2D eigenvalue weighted by Gasteiger charge is -2.14. The molecule has 0 aliphatic rings. The fourth-order valence-electron chi connectivity index (χ4n) is 1.11. The zero-order chi connectivity index (χ0) is 9.68. The number of hydrogen-bond acceptors (Lipinski definition) is 4. The van der Waals surface area contributed by atoms with E-state index in [0.29, 0.717) is 18.2 Å². The first kappa shape index (κ1) is 9.77. The van der Waals surface area contributed by atoms with Crippen molar-refractivity contribution < 1.29 is 9.21 Å². The molecule has 1 heterocycles. The van der Waals surface area contributed by atoms with Gasteiger partial charge in [-0.05, 0) is 13.8 Å². The Kier molecular flexibility index (Phi) is 3.49. The van der Waals surface area contributed by atoms with Gasteiger partial charge in [0.05, 0.1) is 12.6 Å². The van der Waals surface area contributed by atoms with Gasteiger partial charge >= 0.3 is 0 Å². The first-order valence-electron chi connectivity index (χ1n) is 4.45. The van der Waals surface area contributed by atoms with E-state index in [2.05, 4.69) is 4.98 Å². The van der Waals surface area contributed by atoms with Crippen molar-refractivity contribution in [2.45, 2.75) is 20.3 Å². The van der Waals surface area contributed by atoms with Gasteiger partial charge in [-0.2, -0.15) is 0 Å². The Bertz CT molecular complexity index is 266. The van der Waals surface area contributed by atoms with E-state index in [1.54, 1.807) is 6.20 Å². The van der Waals surface area contributed by atoms with Gasteiger partial charge in [0.1, 0.15) is 12.0 Å². The van der Waals surface area contributed by atoms with E-state index in [0.717, 1.165) is 19.4 Å². The third-order valence-corrected chi connectivity index (χ3v) is 1.86. The van der Waals surface area contributed by atoms with E-state index in [-0.39, 0.29) is 0 Å². The second kappa shape index (κ2) is 4.64. The summed E-state index contributed by atoms with van der Waals surface area (Å²) in [4.78, 5) is 16.3. The number of anilines is 1. The minimum Gasteiger partial charge on any atom is -0.428 e. The minimum atomic E-state index is 0.300. The maximum absolute atomic E-state index is 10.2. The van der Waals surface area contributed by atoms with Gasteiger partial charge < -0.3 is 14.1 Å². The lowest BCUT2D eigenvalue weighted by Crippen LogP contribution is -2.21. The number of carbonyl (C=O) groups is 1. The fourth-order valence-corrected chi connectivity index (χ4v) is 1.11. The molecule has 1 rings (SSSR count). The highest BCUT2D eigenvalue weighted by Crippen LogP contribution is 2.13. The molecule has 1 aromatic heterocycles. The first-order valence-corrected chi connectivity index (χ1v) is 4.45. The van der Waals surface area contributed by atoms with Gasteiger partial charge in [-0.3, -0.25) is 0 Å². The second-order valence-corrected chi connectivity index (χ2v) is 2.65. The summed E-state index contributed by atoms with van der Waals surface area (Å²) in [5.41, 5.74) is 0. The van der Waals surface area contributed by atoms with Crippen LogP contribution >= 0.6 is 0 Å². The Balaban J connectivity index is 2.71. The molecule has 0 unspecified atom stereocenters. The van der Waals surface area contributed by atoms with Crippen molar-refractivity contribution in [1.82, 2.24) is 4.98 Å². The van der Waals surface area contributed by atoms with Gasteiger partial charge in [-0.25, -0.2) is 4.98 Å². The highest BCUT2D eigenvalue weighted by molar-refractivity contribution is 5.53. The lowest BCUT2D eigenvalue weighted by atomic mass is 10.4.